The summed E-state index contributed by atoms with van der Waals surface area (Å²) in [5, 5.41) is 0. The van der Waals surface area contributed by atoms with Gasteiger partial charge in [-0.15, -0.1) is 0 Å². The summed E-state index contributed by atoms with van der Waals surface area (Å²) in [6.45, 7) is 0.968. The largest absolute Gasteiger partial charge is 0.378 e. The van der Waals surface area contributed by atoms with E-state index in [9.17, 15) is 0 Å². The molecule has 0 radical (unpaired) electrons. The summed E-state index contributed by atoms with van der Waals surface area (Å²) in [6.07, 6.45) is 9.95. The van der Waals surface area contributed by atoms with Crippen LogP contribution in [-0.4, -0.2) is 30.8 Å². The third-order valence-corrected chi connectivity index (χ3v) is 3.65. The van der Waals surface area contributed by atoms with Crippen molar-refractivity contribution in [1.29, 1.82) is 0 Å². The molecule has 0 aliphatic carbocycles. The number of hydrazine groups is 1. The number of ether oxygens (including phenoxy) is 1. The molecule has 2 atom stereocenters. The molecule has 4 heteroatoms. The number of rotatable bonds is 8. The van der Waals surface area contributed by atoms with Crippen molar-refractivity contribution in [2.24, 2.45) is 5.84 Å². The minimum atomic E-state index is 0.485. The molecule has 1 aliphatic heterocycles. The second-order valence-electron chi connectivity index (χ2n) is 4.21. The number of nitrogens with two attached hydrogens (primary N) is 1. The highest BCUT2D eigenvalue weighted by Crippen LogP contribution is 2.18. The molecule has 1 aliphatic rings. The topological polar surface area (TPSA) is 47.3 Å². The first-order valence-corrected chi connectivity index (χ1v) is 7.33. The highest BCUT2D eigenvalue weighted by atomic mass is 32.2. The Labute approximate surface area is 97.5 Å². The summed E-state index contributed by atoms with van der Waals surface area (Å²) in [7, 11) is 0. The van der Waals surface area contributed by atoms with E-state index in [2.05, 4.69) is 11.7 Å². The Balaban J connectivity index is 2.00. The lowest BCUT2D eigenvalue weighted by molar-refractivity contribution is 0.101. The summed E-state index contributed by atoms with van der Waals surface area (Å²) in [4.78, 5) is 0. The van der Waals surface area contributed by atoms with E-state index in [0.717, 1.165) is 6.61 Å². The van der Waals surface area contributed by atoms with Crippen molar-refractivity contribution in [1.82, 2.24) is 5.43 Å². The van der Waals surface area contributed by atoms with Gasteiger partial charge < -0.3 is 4.74 Å². The zero-order valence-electron chi connectivity index (χ0n) is 9.71. The number of hydrogen-bond acceptors (Lipinski definition) is 4. The lowest BCUT2D eigenvalue weighted by Gasteiger charge is -2.16. The average molecular weight is 232 g/mol. The molecule has 90 valence electrons. The molecule has 0 aromatic carbocycles. The van der Waals surface area contributed by atoms with Crippen LogP contribution in [-0.2, 0) is 4.74 Å². The third-order valence-electron chi connectivity index (χ3n) is 3.01. The number of nitrogens with one attached hydrogen (secondary N) is 1. The van der Waals surface area contributed by atoms with E-state index < -0.39 is 0 Å². The van der Waals surface area contributed by atoms with Gasteiger partial charge in [-0.05, 0) is 50.5 Å². The van der Waals surface area contributed by atoms with Crippen molar-refractivity contribution in [2.45, 2.75) is 50.7 Å². The zero-order valence-corrected chi connectivity index (χ0v) is 10.5. The van der Waals surface area contributed by atoms with E-state index in [0.29, 0.717) is 12.1 Å². The van der Waals surface area contributed by atoms with Crippen LogP contribution < -0.4 is 11.3 Å². The molecular weight excluding hydrogens is 208 g/mol. The lowest BCUT2D eigenvalue weighted by Crippen LogP contribution is -2.35. The fourth-order valence-corrected chi connectivity index (χ4v) is 2.56. The average Bonchev–Trinajstić information content (AvgIpc) is 2.76. The molecule has 0 amide bonds. The van der Waals surface area contributed by atoms with Gasteiger partial charge in [0.15, 0.2) is 0 Å². The van der Waals surface area contributed by atoms with Crippen molar-refractivity contribution in [2.75, 3.05) is 18.6 Å². The van der Waals surface area contributed by atoms with Gasteiger partial charge in [0, 0.05) is 12.6 Å². The highest BCUT2D eigenvalue weighted by Gasteiger charge is 2.15. The summed E-state index contributed by atoms with van der Waals surface area (Å²) in [5.74, 6) is 6.71. The first-order valence-electron chi connectivity index (χ1n) is 5.93. The Morgan fingerprint density at radius 2 is 2.40 bits per heavy atom. The molecule has 1 saturated heterocycles. The Morgan fingerprint density at radius 1 is 1.53 bits per heavy atom. The van der Waals surface area contributed by atoms with Gasteiger partial charge in [-0.3, -0.25) is 11.3 Å². The molecular formula is C11H24N2OS. The lowest BCUT2D eigenvalue weighted by atomic mass is 10.0. The molecule has 15 heavy (non-hydrogen) atoms. The third kappa shape index (κ3) is 5.76. The van der Waals surface area contributed by atoms with Crippen molar-refractivity contribution >= 4 is 11.8 Å². The van der Waals surface area contributed by atoms with E-state index in [1.165, 1.54) is 44.3 Å². The number of thioether (sulfide) groups is 1. The van der Waals surface area contributed by atoms with E-state index in [4.69, 9.17) is 10.6 Å². The van der Waals surface area contributed by atoms with Crippen LogP contribution in [0.5, 0.6) is 0 Å². The van der Waals surface area contributed by atoms with Crippen LogP contribution in [0, 0.1) is 0 Å². The van der Waals surface area contributed by atoms with Crippen molar-refractivity contribution in [3.63, 3.8) is 0 Å². The van der Waals surface area contributed by atoms with E-state index in [-0.39, 0.29) is 0 Å². The second-order valence-corrected chi connectivity index (χ2v) is 5.20. The first kappa shape index (κ1) is 13.3. The van der Waals surface area contributed by atoms with Crippen molar-refractivity contribution < 1.29 is 4.74 Å². The first-order chi connectivity index (χ1) is 7.36. The standard InChI is InChI=1S/C11H24N2OS/c1-15-9-7-10(13-12)4-2-5-11-6-3-8-14-11/h10-11,13H,2-9,12H2,1H3. The maximum Gasteiger partial charge on any atom is 0.0576 e. The van der Waals surface area contributed by atoms with E-state index in [1.807, 2.05) is 11.8 Å². The summed E-state index contributed by atoms with van der Waals surface area (Å²) < 4.78 is 5.59. The molecule has 1 heterocycles. The van der Waals surface area contributed by atoms with Crippen molar-refractivity contribution in [3.8, 4) is 0 Å². The van der Waals surface area contributed by atoms with Gasteiger partial charge in [0.2, 0.25) is 0 Å². The molecule has 0 saturated carbocycles. The Kier molecular flexibility index (Phi) is 7.44. The van der Waals surface area contributed by atoms with Gasteiger partial charge in [0.25, 0.3) is 0 Å². The molecule has 0 bridgehead atoms. The smallest absolute Gasteiger partial charge is 0.0576 e. The van der Waals surface area contributed by atoms with Crippen LogP contribution in [0.4, 0.5) is 0 Å². The molecule has 3 N–H and O–H groups in total. The molecule has 0 aromatic rings. The normalized spacial score (nSPS) is 23.2. The predicted octanol–water partition coefficient (Wildman–Crippen LogP) is 1.92. The van der Waals surface area contributed by atoms with Crippen LogP contribution in [0.1, 0.15) is 38.5 Å². The molecule has 1 rings (SSSR count). The molecule has 0 spiro atoms. The van der Waals surface area contributed by atoms with Crippen LogP contribution in [0.3, 0.4) is 0 Å². The zero-order chi connectivity index (χ0) is 10.9. The minimum absolute atomic E-state index is 0.485. The van der Waals surface area contributed by atoms with Gasteiger partial charge >= 0.3 is 0 Å². The Bertz CT molecular complexity index is 152. The molecule has 2 unspecified atom stereocenters. The van der Waals surface area contributed by atoms with Crippen LogP contribution in [0.25, 0.3) is 0 Å². The van der Waals surface area contributed by atoms with Crippen LogP contribution in [0.2, 0.25) is 0 Å². The second kappa shape index (κ2) is 8.39. The van der Waals surface area contributed by atoms with Gasteiger partial charge in [0.1, 0.15) is 0 Å². The maximum absolute atomic E-state index is 5.59. The van der Waals surface area contributed by atoms with Crippen LogP contribution in [0.15, 0.2) is 0 Å². The van der Waals surface area contributed by atoms with E-state index >= 15 is 0 Å². The quantitative estimate of drug-likeness (QED) is 0.496. The van der Waals surface area contributed by atoms with Gasteiger partial charge in [-0.1, -0.05) is 0 Å². The van der Waals surface area contributed by atoms with Crippen molar-refractivity contribution in [3.05, 3.63) is 0 Å². The Hall–Kier alpha value is 0.230. The van der Waals surface area contributed by atoms with Gasteiger partial charge in [-0.25, -0.2) is 0 Å². The number of hydrogen-bond donors (Lipinski definition) is 2. The summed E-state index contributed by atoms with van der Waals surface area (Å²) in [5.41, 5.74) is 2.91. The van der Waals surface area contributed by atoms with E-state index in [1.54, 1.807) is 0 Å². The van der Waals surface area contributed by atoms with Crippen LogP contribution >= 0.6 is 11.8 Å². The minimum Gasteiger partial charge on any atom is -0.378 e. The molecule has 0 aromatic heterocycles. The maximum atomic E-state index is 5.59. The Morgan fingerprint density at radius 3 is 3.00 bits per heavy atom. The van der Waals surface area contributed by atoms with Gasteiger partial charge in [-0.2, -0.15) is 11.8 Å². The predicted molar refractivity (Wildman–Crippen MR) is 66.9 cm³/mol. The molecule has 1 fully saturated rings. The molecule has 3 nitrogen and oxygen atoms in total. The van der Waals surface area contributed by atoms with Gasteiger partial charge in [0.05, 0.1) is 6.10 Å². The SMILES string of the molecule is CSCCC(CCCC1CCCO1)NN. The fourth-order valence-electron chi connectivity index (χ4n) is 2.04. The summed E-state index contributed by atoms with van der Waals surface area (Å²) in [6, 6.07) is 0.485. The summed E-state index contributed by atoms with van der Waals surface area (Å²) >= 11 is 1.88. The highest BCUT2D eigenvalue weighted by molar-refractivity contribution is 7.98. The monoisotopic (exact) mass is 232 g/mol. The fraction of sp³-hybridized carbons (Fsp3) is 1.00.